The average Bonchev–Trinajstić information content (AvgIpc) is 3.18. The van der Waals surface area contributed by atoms with E-state index in [1.807, 2.05) is 48.5 Å². The highest BCUT2D eigenvalue weighted by atomic mass is 16.5. The Kier molecular flexibility index (Phi) is 8.67. The minimum atomic E-state index is 0.409. The van der Waals surface area contributed by atoms with Crippen LogP contribution in [0.25, 0.3) is 32.7 Å². The summed E-state index contributed by atoms with van der Waals surface area (Å²) >= 11 is 0. The van der Waals surface area contributed by atoms with Gasteiger partial charge in [0.15, 0.2) is 0 Å². The van der Waals surface area contributed by atoms with Crippen molar-refractivity contribution in [2.24, 2.45) is 0 Å². The van der Waals surface area contributed by atoms with Gasteiger partial charge in [-0.1, -0.05) is 127 Å². The van der Waals surface area contributed by atoms with Crippen molar-refractivity contribution in [3.63, 3.8) is 0 Å². The van der Waals surface area contributed by atoms with Crippen LogP contribution in [0.1, 0.15) is 11.1 Å². The highest BCUT2D eigenvalue weighted by molar-refractivity contribution is 6.22. The zero-order valence-electron chi connectivity index (χ0n) is 28.1. The number of hydrogen-bond acceptors (Lipinski definition) is 5. The first-order valence-corrected chi connectivity index (χ1v) is 17.1. The van der Waals surface area contributed by atoms with Gasteiger partial charge in [0.25, 0.3) is 0 Å². The van der Waals surface area contributed by atoms with Gasteiger partial charge in [-0.05, 0) is 81.6 Å². The summed E-state index contributed by atoms with van der Waals surface area (Å²) in [4.78, 5) is 2.36. The molecule has 0 aliphatic heterocycles. The summed E-state index contributed by atoms with van der Waals surface area (Å²) in [6.07, 6.45) is 0. The van der Waals surface area contributed by atoms with Gasteiger partial charge >= 0.3 is 0 Å². The molecular weight excluding hydrogens is 627 g/mol. The number of fused-ring (bicyclic) bond motifs is 2. The van der Waals surface area contributed by atoms with Crippen molar-refractivity contribution in [1.82, 2.24) is 0 Å². The van der Waals surface area contributed by atoms with Crippen molar-refractivity contribution < 1.29 is 9.47 Å². The highest BCUT2D eigenvalue weighted by Gasteiger charge is 2.22. The first kappa shape index (κ1) is 31.5. The van der Waals surface area contributed by atoms with Crippen molar-refractivity contribution in [3.8, 4) is 22.6 Å². The zero-order chi connectivity index (χ0) is 34.6. The van der Waals surface area contributed by atoms with Gasteiger partial charge in [-0.15, -0.1) is 0 Å². The molecule has 0 radical (unpaired) electrons. The molecule has 8 aromatic rings. The minimum absolute atomic E-state index is 0.409. The summed E-state index contributed by atoms with van der Waals surface area (Å²) in [6, 6.07) is 60.4. The lowest BCUT2D eigenvalue weighted by Crippen LogP contribution is -2.12. The van der Waals surface area contributed by atoms with E-state index in [1.54, 1.807) is 0 Å². The number of para-hydroxylation sites is 4. The second-order valence-electron chi connectivity index (χ2n) is 12.5. The molecule has 51 heavy (non-hydrogen) atoms. The number of hydrogen-bond donors (Lipinski definition) is 2. The smallest absolute Gasteiger partial charge is 0.142 e. The Morgan fingerprint density at radius 3 is 1.24 bits per heavy atom. The quantitative estimate of drug-likeness (QED) is 0.113. The standard InChI is InChI=1S/C46H37N3O2/c47-41-18-8-10-20-43(41)50-30-32-22-26-35(27-23-32)49(36-28-24-33(25-29-36)31-51-44-21-11-9-19-42(44)48)46-39-16-6-4-14-37(39)45(34-12-2-1-3-13-34)38-15-5-7-17-40(38)46/h1-29H,30-31,47-48H2. The van der Waals surface area contributed by atoms with Crippen LogP contribution in [0, 0.1) is 0 Å². The third-order valence-electron chi connectivity index (χ3n) is 9.20. The molecule has 8 rings (SSSR count). The number of rotatable bonds is 10. The van der Waals surface area contributed by atoms with Crippen molar-refractivity contribution in [2.45, 2.75) is 13.2 Å². The van der Waals surface area contributed by atoms with Gasteiger partial charge in [0.2, 0.25) is 0 Å². The minimum Gasteiger partial charge on any atom is -0.487 e. The summed E-state index contributed by atoms with van der Waals surface area (Å²) in [5.41, 5.74) is 21.2. The molecule has 0 bridgehead atoms. The summed E-state index contributed by atoms with van der Waals surface area (Å²) < 4.78 is 12.2. The molecule has 248 valence electrons. The molecule has 4 N–H and O–H groups in total. The zero-order valence-corrected chi connectivity index (χ0v) is 28.1. The van der Waals surface area contributed by atoms with E-state index in [-0.39, 0.29) is 0 Å². The van der Waals surface area contributed by atoms with Crippen molar-refractivity contribution in [2.75, 3.05) is 16.4 Å². The second-order valence-corrected chi connectivity index (χ2v) is 12.5. The van der Waals surface area contributed by atoms with Gasteiger partial charge in [0.1, 0.15) is 24.7 Å². The van der Waals surface area contributed by atoms with Crippen LogP contribution >= 0.6 is 0 Å². The molecule has 0 aliphatic rings. The van der Waals surface area contributed by atoms with Crippen LogP contribution in [-0.2, 0) is 13.2 Å². The monoisotopic (exact) mass is 663 g/mol. The van der Waals surface area contributed by atoms with Gasteiger partial charge < -0.3 is 25.8 Å². The molecule has 0 aliphatic carbocycles. The fraction of sp³-hybridized carbons (Fsp3) is 0.0435. The first-order chi connectivity index (χ1) is 25.1. The van der Waals surface area contributed by atoms with Gasteiger partial charge in [0, 0.05) is 22.1 Å². The number of ether oxygens (including phenoxy) is 2. The Hall–Kier alpha value is -6.72. The second kappa shape index (κ2) is 14.0. The number of nitrogens with zero attached hydrogens (tertiary/aromatic N) is 1. The van der Waals surface area contributed by atoms with Gasteiger partial charge in [-0.25, -0.2) is 0 Å². The van der Waals surface area contributed by atoms with E-state index >= 15 is 0 Å². The topological polar surface area (TPSA) is 73.7 Å². The summed E-state index contributed by atoms with van der Waals surface area (Å²) in [6.45, 7) is 0.819. The van der Waals surface area contributed by atoms with Gasteiger partial charge in [-0.3, -0.25) is 0 Å². The Balaban J connectivity index is 1.24. The summed E-state index contributed by atoms with van der Waals surface area (Å²) in [7, 11) is 0. The number of nitrogen functional groups attached to an aromatic ring is 2. The van der Waals surface area contributed by atoms with Crippen LogP contribution in [0.2, 0.25) is 0 Å². The molecule has 0 spiro atoms. The third-order valence-corrected chi connectivity index (χ3v) is 9.20. The van der Waals surface area contributed by atoms with Crippen molar-refractivity contribution >= 4 is 50.0 Å². The van der Waals surface area contributed by atoms with E-state index in [4.69, 9.17) is 20.9 Å². The van der Waals surface area contributed by atoms with Gasteiger partial charge in [0.05, 0.1) is 17.1 Å². The third kappa shape index (κ3) is 6.41. The fourth-order valence-electron chi connectivity index (χ4n) is 6.70. The van der Waals surface area contributed by atoms with Crippen LogP contribution in [0.15, 0.2) is 176 Å². The maximum Gasteiger partial charge on any atom is 0.142 e. The van der Waals surface area contributed by atoms with E-state index in [1.165, 1.54) is 21.9 Å². The molecule has 5 heteroatoms. The first-order valence-electron chi connectivity index (χ1n) is 17.1. The van der Waals surface area contributed by atoms with Crippen LogP contribution < -0.4 is 25.8 Å². The molecule has 0 atom stereocenters. The molecule has 5 nitrogen and oxygen atoms in total. The SMILES string of the molecule is Nc1ccccc1OCc1ccc(N(c2ccc(COc3ccccc3N)cc2)c2c3ccccc3c(-c3ccccc3)c3ccccc23)cc1. The van der Waals surface area contributed by atoms with Crippen molar-refractivity contribution in [3.05, 3.63) is 187 Å². The lowest BCUT2D eigenvalue weighted by molar-refractivity contribution is 0.308. The lowest BCUT2D eigenvalue weighted by atomic mass is 9.90. The summed E-state index contributed by atoms with van der Waals surface area (Å²) in [5, 5.41) is 4.71. The molecule has 0 unspecified atom stereocenters. The van der Waals surface area contributed by atoms with Crippen LogP contribution in [0.4, 0.5) is 28.4 Å². The molecule has 0 aromatic heterocycles. The number of anilines is 5. The van der Waals surface area contributed by atoms with E-state index in [2.05, 4.69) is 132 Å². The van der Waals surface area contributed by atoms with Crippen LogP contribution in [-0.4, -0.2) is 0 Å². The lowest BCUT2D eigenvalue weighted by Gasteiger charge is -2.30. The average molecular weight is 664 g/mol. The van der Waals surface area contributed by atoms with Gasteiger partial charge in [-0.2, -0.15) is 0 Å². The Bertz CT molecular complexity index is 2290. The molecular formula is C46H37N3O2. The van der Waals surface area contributed by atoms with Crippen LogP contribution in [0.3, 0.4) is 0 Å². The van der Waals surface area contributed by atoms with E-state index in [0.717, 1.165) is 39.0 Å². The molecule has 0 heterocycles. The Morgan fingerprint density at radius 1 is 0.392 bits per heavy atom. The predicted molar refractivity (Wildman–Crippen MR) is 212 cm³/mol. The van der Waals surface area contributed by atoms with Crippen LogP contribution in [0.5, 0.6) is 11.5 Å². The molecule has 0 fully saturated rings. The Morgan fingerprint density at radius 2 is 0.784 bits per heavy atom. The largest absolute Gasteiger partial charge is 0.487 e. The van der Waals surface area contributed by atoms with E-state index in [9.17, 15) is 0 Å². The predicted octanol–water partition coefficient (Wildman–Crippen LogP) is 11.5. The molecule has 8 aromatic carbocycles. The fourth-order valence-corrected chi connectivity index (χ4v) is 6.70. The number of benzene rings is 8. The molecule has 0 amide bonds. The van der Waals surface area contributed by atoms with Crippen molar-refractivity contribution in [1.29, 1.82) is 0 Å². The highest BCUT2D eigenvalue weighted by Crippen LogP contribution is 2.48. The maximum absolute atomic E-state index is 6.14. The maximum atomic E-state index is 6.14. The summed E-state index contributed by atoms with van der Waals surface area (Å²) in [5.74, 6) is 1.36. The Labute approximate surface area is 297 Å². The number of nitrogens with two attached hydrogens (primary N) is 2. The molecule has 0 saturated heterocycles. The normalized spacial score (nSPS) is 11.1. The molecule has 0 saturated carbocycles. The van der Waals surface area contributed by atoms with E-state index < -0.39 is 0 Å². The van der Waals surface area contributed by atoms with E-state index in [0.29, 0.717) is 36.1 Å².